The van der Waals surface area contributed by atoms with Crippen molar-refractivity contribution in [2.75, 3.05) is 18.4 Å². The van der Waals surface area contributed by atoms with Gasteiger partial charge in [0.25, 0.3) is 0 Å². The number of likely N-dealkylation sites (tertiary alicyclic amines) is 1. The van der Waals surface area contributed by atoms with Crippen LogP contribution in [-0.4, -0.2) is 33.4 Å². The molecular formula is C26H24BrClN4O. The van der Waals surface area contributed by atoms with Crippen molar-refractivity contribution >= 4 is 50.2 Å². The zero-order valence-corrected chi connectivity index (χ0v) is 20.4. The molecule has 0 unspecified atom stereocenters. The van der Waals surface area contributed by atoms with Crippen LogP contribution in [0.5, 0.6) is 0 Å². The maximum absolute atomic E-state index is 12.9. The molecule has 1 fully saturated rings. The summed E-state index contributed by atoms with van der Waals surface area (Å²) < 4.78 is 3.27. The number of anilines is 1. The first-order valence-electron chi connectivity index (χ1n) is 11.1. The van der Waals surface area contributed by atoms with Gasteiger partial charge in [-0.15, -0.1) is 0 Å². The van der Waals surface area contributed by atoms with E-state index >= 15 is 0 Å². The molecule has 5 rings (SSSR count). The largest absolute Gasteiger partial charge is 0.326 e. The van der Waals surface area contributed by atoms with E-state index in [1.165, 1.54) is 0 Å². The fourth-order valence-electron chi connectivity index (χ4n) is 4.45. The van der Waals surface area contributed by atoms with Crippen LogP contribution in [0.1, 0.15) is 18.7 Å². The Morgan fingerprint density at radius 3 is 2.61 bits per heavy atom. The minimum Gasteiger partial charge on any atom is -0.326 e. The molecule has 4 aromatic rings. The summed E-state index contributed by atoms with van der Waals surface area (Å²) in [7, 11) is 0. The van der Waals surface area contributed by atoms with Crippen LogP contribution in [-0.2, 0) is 11.3 Å². The smallest absolute Gasteiger partial charge is 0.228 e. The third-order valence-corrected chi connectivity index (χ3v) is 6.85. The van der Waals surface area contributed by atoms with Crippen LogP contribution >= 0.6 is 27.5 Å². The number of halogens is 2. The monoisotopic (exact) mass is 522 g/mol. The highest BCUT2D eigenvalue weighted by atomic mass is 79.9. The van der Waals surface area contributed by atoms with Crippen molar-refractivity contribution in [1.29, 1.82) is 0 Å². The molecule has 5 nitrogen and oxygen atoms in total. The summed E-state index contributed by atoms with van der Waals surface area (Å²) in [5, 5.41) is 3.70. The first-order valence-corrected chi connectivity index (χ1v) is 12.2. The van der Waals surface area contributed by atoms with Gasteiger partial charge in [0.2, 0.25) is 5.91 Å². The van der Waals surface area contributed by atoms with Crippen LogP contribution in [0.4, 0.5) is 5.69 Å². The van der Waals surface area contributed by atoms with E-state index in [-0.39, 0.29) is 11.8 Å². The molecule has 2 heterocycles. The summed E-state index contributed by atoms with van der Waals surface area (Å²) in [4.78, 5) is 20.2. The zero-order chi connectivity index (χ0) is 22.8. The molecule has 7 heteroatoms. The van der Waals surface area contributed by atoms with E-state index in [4.69, 9.17) is 16.6 Å². The minimum atomic E-state index is -0.0556. The average Bonchev–Trinajstić information content (AvgIpc) is 3.19. The number of hydrogen-bond acceptors (Lipinski definition) is 3. The summed E-state index contributed by atoms with van der Waals surface area (Å²) >= 11 is 9.48. The molecule has 168 valence electrons. The Bertz CT molecular complexity index is 1270. The summed E-state index contributed by atoms with van der Waals surface area (Å²) in [6, 6.07) is 23.7. The third kappa shape index (κ3) is 4.98. The lowest BCUT2D eigenvalue weighted by Gasteiger charge is -2.31. The number of carbonyl (C=O) groups is 1. The molecule has 0 saturated carbocycles. The van der Waals surface area contributed by atoms with Crippen molar-refractivity contribution in [2.45, 2.75) is 19.4 Å². The van der Waals surface area contributed by atoms with E-state index in [1.54, 1.807) is 12.1 Å². The van der Waals surface area contributed by atoms with Gasteiger partial charge < -0.3 is 5.32 Å². The molecule has 0 aliphatic carbocycles. The maximum Gasteiger partial charge on any atom is 0.228 e. The van der Waals surface area contributed by atoms with Crippen LogP contribution in [0.2, 0.25) is 5.02 Å². The number of piperidine rings is 1. The van der Waals surface area contributed by atoms with Crippen LogP contribution in [0, 0.1) is 5.92 Å². The van der Waals surface area contributed by atoms with Crippen molar-refractivity contribution in [2.24, 2.45) is 5.92 Å². The fraction of sp³-hybridized carbons (Fsp3) is 0.231. The van der Waals surface area contributed by atoms with Crippen molar-refractivity contribution in [3.8, 4) is 5.69 Å². The van der Waals surface area contributed by atoms with Crippen molar-refractivity contribution in [3.63, 3.8) is 0 Å². The predicted octanol–water partition coefficient (Wildman–Crippen LogP) is 6.29. The molecule has 1 aromatic heterocycles. The Balaban J connectivity index is 1.36. The maximum atomic E-state index is 12.9. The van der Waals surface area contributed by atoms with E-state index in [0.29, 0.717) is 18.1 Å². The molecule has 1 aliphatic heterocycles. The van der Waals surface area contributed by atoms with Crippen LogP contribution in [0.15, 0.2) is 77.3 Å². The number of amides is 1. The van der Waals surface area contributed by atoms with Crippen molar-refractivity contribution in [1.82, 2.24) is 14.5 Å². The van der Waals surface area contributed by atoms with E-state index < -0.39 is 0 Å². The molecule has 1 saturated heterocycles. The Labute approximate surface area is 206 Å². The Morgan fingerprint density at radius 2 is 1.82 bits per heavy atom. The Hall–Kier alpha value is -2.67. The SMILES string of the molecule is O=C(Nc1ccc(Cl)cc1)[C@H]1CCCN(Cc2nc3ccccc3n2-c2ccc(Br)cc2)C1. The number of aromatic nitrogens is 2. The second kappa shape index (κ2) is 9.67. The Kier molecular flexibility index (Phi) is 6.49. The van der Waals surface area contributed by atoms with Gasteiger partial charge in [-0.3, -0.25) is 14.3 Å². The normalized spacial score (nSPS) is 16.7. The van der Waals surface area contributed by atoms with Crippen LogP contribution < -0.4 is 5.32 Å². The van der Waals surface area contributed by atoms with Crippen LogP contribution in [0.3, 0.4) is 0 Å². The number of benzene rings is 3. The van der Waals surface area contributed by atoms with E-state index in [0.717, 1.165) is 52.1 Å². The quantitative estimate of drug-likeness (QED) is 0.334. The van der Waals surface area contributed by atoms with Gasteiger partial charge in [-0.25, -0.2) is 4.98 Å². The lowest BCUT2D eigenvalue weighted by Crippen LogP contribution is -2.40. The number of nitrogens with one attached hydrogen (secondary N) is 1. The molecule has 1 amide bonds. The minimum absolute atomic E-state index is 0.0556. The van der Waals surface area contributed by atoms with Gasteiger partial charge in [-0.2, -0.15) is 0 Å². The lowest BCUT2D eigenvalue weighted by molar-refractivity contribution is -0.121. The van der Waals surface area contributed by atoms with Crippen molar-refractivity contribution in [3.05, 3.63) is 88.1 Å². The summed E-state index contributed by atoms with van der Waals surface area (Å²) in [5.74, 6) is 0.987. The van der Waals surface area contributed by atoms with Gasteiger partial charge >= 0.3 is 0 Å². The topological polar surface area (TPSA) is 50.2 Å². The van der Waals surface area contributed by atoms with Gasteiger partial charge in [0.15, 0.2) is 0 Å². The Morgan fingerprint density at radius 1 is 1.06 bits per heavy atom. The second-order valence-electron chi connectivity index (χ2n) is 8.40. The zero-order valence-electron chi connectivity index (χ0n) is 18.0. The highest BCUT2D eigenvalue weighted by Crippen LogP contribution is 2.26. The molecule has 33 heavy (non-hydrogen) atoms. The molecule has 1 N–H and O–H groups in total. The van der Waals surface area contributed by atoms with Gasteiger partial charge in [-0.05, 0) is 80.1 Å². The predicted molar refractivity (Wildman–Crippen MR) is 137 cm³/mol. The number of nitrogens with zero attached hydrogens (tertiary/aromatic N) is 3. The number of para-hydroxylation sites is 2. The third-order valence-electron chi connectivity index (χ3n) is 6.07. The first-order chi connectivity index (χ1) is 16.1. The highest BCUT2D eigenvalue weighted by molar-refractivity contribution is 9.10. The van der Waals surface area contributed by atoms with Gasteiger partial charge in [-0.1, -0.05) is 39.7 Å². The molecule has 0 spiro atoms. The standard InChI is InChI=1S/C26H24BrClN4O/c27-19-7-13-22(14-8-19)32-24-6-2-1-5-23(24)30-25(32)17-31-15-3-4-18(16-31)26(33)29-21-11-9-20(28)10-12-21/h1-2,5-14,18H,3-4,15-17H2,(H,29,33)/t18-/m0/s1. The molecule has 0 bridgehead atoms. The van der Waals surface area contributed by atoms with E-state index in [1.807, 2.05) is 42.5 Å². The van der Waals surface area contributed by atoms with Gasteiger partial charge in [0.1, 0.15) is 5.82 Å². The van der Waals surface area contributed by atoms with Gasteiger partial charge in [0.05, 0.1) is 23.5 Å². The summed E-state index contributed by atoms with van der Waals surface area (Å²) in [5.41, 5.74) is 3.92. The number of hydrogen-bond donors (Lipinski definition) is 1. The summed E-state index contributed by atoms with van der Waals surface area (Å²) in [6.07, 6.45) is 1.87. The van der Waals surface area contributed by atoms with Crippen LogP contribution in [0.25, 0.3) is 16.7 Å². The number of fused-ring (bicyclic) bond motifs is 1. The number of imidazole rings is 1. The molecule has 0 radical (unpaired) electrons. The number of rotatable bonds is 5. The van der Waals surface area contributed by atoms with E-state index in [2.05, 4.69) is 48.9 Å². The van der Waals surface area contributed by atoms with Crippen molar-refractivity contribution < 1.29 is 4.79 Å². The average molecular weight is 524 g/mol. The van der Waals surface area contributed by atoms with E-state index in [9.17, 15) is 4.79 Å². The summed E-state index contributed by atoms with van der Waals surface area (Å²) in [6.45, 7) is 2.35. The second-order valence-corrected chi connectivity index (χ2v) is 9.75. The molecule has 1 atom stereocenters. The molecular weight excluding hydrogens is 500 g/mol. The van der Waals surface area contributed by atoms with Gasteiger partial charge in [0, 0.05) is 27.4 Å². The fourth-order valence-corrected chi connectivity index (χ4v) is 4.84. The highest BCUT2D eigenvalue weighted by Gasteiger charge is 2.27. The lowest BCUT2D eigenvalue weighted by atomic mass is 9.97. The molecule has 3 aromatic carbocycles. The molecule has 1 aliphatic rings. The first kappa shape index (κ1) is 22.1. The number of carbonyl (C=O) groups excluding carboxylic acids is 1.